The summed E-state index contributed by atoms with van der Waals surface area (Å²) in [5, 5.41) is 0. The number of hydrogen-bond acceptors (Lipinski definition) is 3. The summed E-state index contributed by atoms with van der Waals surface area (Å²) >= 11 is 3.01. The Morgan fingerprint density at radius 3 is 2.62 bits per heavy atom. The van der Waals surface area contributed by atoms with Crippen molar-refractivity contribution in [2.45, 2.75) is 36.6 Å². The van der Waals surface area contributed by atoms with E-state index in [0.29, 0.717) is 0 Å². The van der Waals surface area contributed by atoms with Crippen LogP contribution in [0.5, 0.6) is 0 Å². The summed E-state index contributed by atoms with van der Waals surface area (Å²) in [4.78, 5) is -0.0653. The maximum atomic E-state index is 13.4. The van der Waals surface area contributed by atoms with Gasteiger partial charge in [0.2, 0.25) is 10.0 Å². The van der Waals surface area contributed by atoms with Crippen LogP contribution in [0.25, 0.3) is 0 Å². The molecule has 0 spiro atoms. The lowest BCUT2D eigenvalue weighted by Gasteiger charge is -2.27. The molecule has 1 aromatic rings. The molecule has 1 saturated carbocycles. The smallest absolute Gasteiger partial charge is 0.245 e. The first kappa shape index (κ1) is 16.5. The molecule has 4 nitrogen and oxygen atoms in total. The predicted molar refractivity (Wildman–Crippen MR) is 84.9 cm³/mol. The molecule has 116 valence electrons. The van der Waals surface area contributed by atoms with Gasteiger partial charge in [0.25, 0.3) is 0 Å². The summed E-state index contributed by atoms with van der Waals surface area (Å²) in [6.07, 6.45) is 5.24. The van der Waals surface area contributed by atoms with E-state index in [9.17, 15) is 12.8 Å². The Labute approximate surface area is 133 Å². The van der Waals surface area contributed by atoms with Crippen LogP contribution in [0.4, 0.5) is 10.1 Å². The molecule has 1 aliphatic rings. The highest BCUT2D eigenvalue weighted by atomic mass is 79.9. The molecule has 1 fully saturated rings. The molecule has 0 heterocycles. The molecule has 0 aliphatic heterocycles. The van der Waals surface area contributed by atoms with Crippen molar-refractivity contribution in [3.05, 3.63) is 35.1 Å². The molecule has 0 amide bonds. The Hall–Kier alpha value is -0.920. The summed E-state index contributed by atoms with van der Waals surface area (Å²) in [6.45, 7) is 3.85. The van der Waals surface area contributed by atoms with Gasteiger partial charge in [0.15, 0.2) is 0 Å². The van der Waals surface area contributed by atoms with Gasteiger partial charge in [-0.2, -0.15) is 4.31 Å². The minimum atomic E-state index is -3.78. The second-order valence-corrected chi connectivity index (χ2v) is 7.82. The normalized spacial score (nSPS) is 16.5. The largest absolute Gasteiger partial charge is 0.398 e. The van der Waals surface area contributed by atoms with Crippen molar-refractivity contribution in [1.82, 2.24) is 4.31 Å². The van der Waals surface area contributed by atoms with Crippen molar-refractivity contribution < 1.29 is 12.8 Å². The van der Waals surface area contributed by atoms with Crippen LogP contribution in [0.15, 0.2) is 34.2 Å². The van der Waals surface area contributed by atoms with Gasteiger partial charge in [-0.1, -0.05) is 18.9 Å². The highest BCUT2D eigenvalue weighted by Crippen LogP contribution is 2.33. The summed E-state index contributed by atoms with van der Waals surface area (Å²) in [5.74, 6) is -0.581. The fourth-order valence-corrected chi connectivity index (χ4v) is 4.93. The van der Waals surface area contributed by atoms with Crippen molar-refractivity contribution in [2.75, 3.05) is 12.3 Å². The predicted octanol–water partition coefficient (Wildman–Crippen LogP) is 3.29. The van der Waals surface area contributed by atoms with Gasteiger partial charge in [0, 0.05) is 12.6 Å². The number of hydrogen-bond donors (Lipinski definition) is 1. The van der Waals surface area contributed by atoms with E-state index in [4.69, 9.17) is 5.73 Å². The Bertz CT molecular complexity index is 643. The van der Waals surface area contributed by atoms with Gasteiger partial charge in [-0.15, -0.1) is 6.58 Å². The SMILES string of the molecule is C=CCN(C1CCCC1)S(=O)(=O)c1cc(Br)c(F)cc1N. The number of nitrogen functional groups attached to an aromatic ring is 1. The Kier molecular flexibility index (Phi) is 5.06. The summed E-state index contributed by atoms with van der Waals surface area (Å²) in [7, 11) is -3.78. The van der Waals surface area contributed by atoms with Crippen LogP contribution in [0.3, 0.4) is 0 Å². The minimum Gasteiger partial charge on any atom is -0.398 e. The Morgan fingerprint density at radius 2 is 2.05 bits per heavy atom. The van der Waals surface area contributed by atoms with E-state index < -0.39 is 15.8 Å². The monoisotopic (exact) mass is 376 g/mol. The molecule has 2 N–H and O–H groups in total. The van der Waals surface area contributed by atoms with Gasteiger partial charge >= 0.3 is 0 Å². The third-order valence-corrected chi connectivity index (χ3v) is 6.26. The first-order chi connectivity index (χ1) is 9.87. The van der Waals surface area contributed by atoms with Gasteiger partial charge in [-0.3, -0.25) is 0 Å². The highest BCUT2D eigenvalue weighted by Gasteiger charge is 2.34. The quantitative estimate of drug-likeness (QED) is 0.633. The lowest BCUT2D eigenvalue weighted by Crippen LogP contribution is -2.39. The molecule has 0 atom stereocenters. The average Bonchev–Trinajstić information content (AvgIpc) is 2.93. The number of halogens is 2. The third-order valence-electron chi connectivity index (χ3n) is 3.68. The van der Waals surface area contributed by atoms with Crippen LogP contribution in [0, 0.1) is 5.82 Å². The van der Waals surface area contributed by atoms with E-state index in [1.807, 2.05) is 0 Å². The second kappa shape index (κ2) is 6.46. The van der Waals surface area contributed by atoms with E-state index in [1.165, 1.54) is 10.4 Å². The van der Waals surface area contributed by atoms with Crippen LogP contribution in [-0.4, -0.2) is 25.3 Å². The summed E-state index contributed by atoms with van der Waals surface area (Å²) in [6, 6.07) is 2.21. The van der Waals surface area contributed by atoms with E-state index in [-0.39, 0.29) is 27.6 Å². The fourth-order valence-electron chi connectivity index (χ4n) is 2.66. The van der Waals surface area contributed by atoms with E-state index >= 15 is 0 Å². The summed E-state index contributed by atoms with van der Waals surface area (Å²) in [5.41, 5.74) is 5.64. The first-order valence-corrected chi connectivity index (χ1v) is 8.98. The molecule has 1 aromatic carbocycles. The highest BCUT2D eigenvalue weighted by molar-refractivity contribution is 9.10. The summed E-state index contributed by atoms with van der Waals surface area (Å²) < 4.78 is 40.6. The second-order valence-electron chi connectivity index (χ2n) is 5.11. The number of rotatable bonds is 5. The van der Waals surface area contributed by atoms with E-state index in [2.05, 4.69) is 22.5 Å². The number of anilines is 1. The number of benzene rings is 1. The van der Waals surface area contributed by atoms with Gasteiger partial charge in [0.1, 0.15) is 10.7 Å². The maximum Gasteiger partial charge on any atom is 0.245 e. The van der Waals surface area contributed by atoms with Crippen molar-refractivity contribution >= 4 is 31.6 Å². The molecule has 2 rings (SSSR count). The number of sulfonamides is 1. The van der Waals surface area contributed by atoms with Crippen molar-refractivity contribution in [1.29, 1.82) is 0 Å². The molecule has 0 bridgehead atoms. The van der Waals surface area contributed by atoms with Crippen LogP contribution < -0.4 is 5.73 Å². The first-order valence-electron chi connectivity index (χ1n) is 6.75. The molecule has 7 heteroatoms. The lowest BCUT2D eigenvalue weighted by molar-refractivity contribution is 0.348. The zero-order valence-electron chi connectivity index (χ0n) is 11.6. The standard InChI is InChI=1S/C14H18BrFN2O2S/c1-2-7-18(10-5-3-4-6-10)21(19,20)14-8-11(15)12(16)9-13(14)17/h2,8-10H,1,3-7,17H2. The van der Waals surface area contributed by atoms with Gasteiger partial charge in [-0.25, -0.2) is 12.8 Å². The number of nitrogens with zero attached hydrogens (tertiary/aromatic N) is 1. The maximum absolute atomic E-state index is 13.4. The molecule has 21 heavy (non-hydrogen) atoms. The van der Waals surface area contributed by atoms with Crippen molar-refractivity contribution in [3.63, 3.8) is 0 Å². The van der Waals surface area contributed by atoms with Crippen LogP contribution in [0.2, 0.25) is 0 Å². The zero-order chi connectivity index (χ0) is 15.6. The Morgan fingerprint density at radius 1 is 1.43 bits per heavy atom. The fraction of sp³-hybridized carbons (Fsp3) is 0.429. The zero-order valence-corrected chi connectivity index (χ0v) is 14.0. The molecular formula is C14H18BrFN2O2S. The van der Waals surface area contributed by atoms with Crippen LogP contribution in [-0.2, 0) is 10.0 Å². The van der Waals surface area contributed by atoms with Crippen molar-refractivity contribution in [3.8, 4) is 0 Å². The van der Waals surface area contributed by atoms with Crippen LogP contribution >= 0.6 is 15.9 Å². The van der Waals surface area contributed by atoms with E-state index in [1.54, 1.807) is 6.08 Å². The molecule has 0 saturated heterocycles. The molecule has 1 aliphatic carbocycles. The van der Waals surface area contributed by atoms with Gasteiger partial charge in [-0.05, 0) is 40.9 Å². The topological polar surface area (TPSA) is 63.4 Å². The molecular weight excluding hydrogens is 359 g/mol. The van der Waals surface area contributed by atoms with E-state index in [0.717, 1.165) is 31.7 Å². The third kappa shape index (κ3) is 3.30. The minimum absolute atomic E-state index is 0.0452. The van der Waals surface area contributed by atoms with Crippen LogP contribution in [0.1, 0.15) is 25.7 Å². The lowest BCUT2D eigenvalue weighted by atomic mass is 10.2. The van der Waals surface area contributed by atoms with Gasteiger partial charge in [0.05, 0.1) is 10.2 Å². The molecule has 0 aromatic heterocycles. The average molecular weight is 377 g/mol. The molecule has 0 unspecified atom stereocenters. The Balaban J connectivity index is 2.47. The van der Waals surface area contributed by atoms with Gasteiger partial charge < -0.3 is 5.73 Å². The molecule has 0 radical (unpaired) electrons. The van der Waals surface area contributed by atoms with Crippen molar-refractivity contribution in [2.24, 2.45) is 0 Å². The number of nitrogens with two attached hydrogens (primary N) is 1.